The number of aryl methyl sites for hydroxylation is 1. The first-order chi connectivity index (χ1) is 6.66. The molecule has 0 spiro atoms. The van der Waals surface area contributed by atoms with E-state index in [1.54, 1.807) is 4.68 Å². The number of rotatable bonds is 1. The van der Waals surface area contributed by atoms with Gasteiger partial charge >= 0.3 is 0 Å². The summed E-state index contributed by atoms with van der Waals surface area (Å²) in [4.78, 5) is 0. The molecule has 14 heavy (non-hydrogen) atoms. The van der Waals surface area contributed by atoms with Gasteiger partial charge in [-0.15, -0.1) is 0 Å². The molecule has 0 saturated heterocycles. The molecule has 1 heterocycles. The topological polar surface area (TPSA) is 43.8 Å². The van der Waals surface area contributed by atoms with Crippen molar-refractivity contribution in [2.45, 2.75) is 0 Å². The first kappa shape index (κ1) is 9.27. The van der Waals surface area contributed by atoms with Gasteiger partial charge in [-0.25, -0.2) is 0 Å². The van der Waals surface area contributed by atoms with E-state index in [1.807, 2.05) is 37.5 Å². The summed E-state index contributed by atoms with van der Waals surface area (Å²) in [6.45, 7) is 0. The van der Waals surface area contributed by atoms with E-state index in [-0.39, 0.29) is 0 Å². The highest BCUT2D eigenvalue weighted by molar-refractivity contribution is 9.10. The Balaban J connectivity index is 2.49. The van der Waals surface area contributed by atoms with Gasteiger partial charge < -0.3 is 5.73 Å². The van der Waals surface area contributed by atoms with Gasteiger partial charge in [0.2, 0.25) is 0 Å². The van der Waals surface area contributed by atoms with E-state index in [9.17, 15) is 0 Å². The lowest BCUT2D eigenvalue weighted by molar-refractivity contribution is 0.770. The van der Waals surface area contributed by atoms with Crippen LogP contribution in [0.1, 0.15) is 0 Å². The van der Waals surface area contributed by atoms with Gasteiger partial charge in [-0.05, 0) is 28.1 Å². The fourth-order valence-corrected chi connectivity index (χ4v) is 1.90. The molecule has 72 valence electrons. The monoisotopic (exact) mass is 251 g/mol. The number of anilines is 1. The predicted molar refractivity (Wildman–Crippen MR) is 60.8 cm³/mol. The van der Waals surface area contributed by atoms with E-state index < -0.39 is 0 Å². The molecule has 2 aromatic rings. The summed E-state index contributed by atoms with van der Waals surface area (Å²) in [5, 5.41) is 4.34. The fraction of sp³-hybridized carbons (Fsp3) is 0.100. The van der Waals surface area contributed by atoms with Crippen LogP contribution in [-0.2, 0) is 7.05 Å². The Morgan fingerprint density at radius 3 is 2.43 bits per heavy atom. The maximum Gasteiger partial charge on any atom is 0.106 e. The third-order valence-corrected chi connectivity index (χ3v) is 2.55. The summed E-state index contributed by atoms with van der Waals surface area (Å²) in [7, 11) is 1.89. The first-order valence-electron chi connectivity index (χ1n) is 4.22. The lowest BCUT2D eigenvalue weighted by atomic mass is 10.1. The average molecular weight is 252 g/mol. The van der Waals surface area contributed by atoms with E-state index in [4.69, 9.17) is 5.73 Å². The number of halogens is 1. The number of hydrogen-bond acceptors (Lipinski definition) is 2. The molecule has 0 radical (unpaired) electrons. The maximum absolute atomic E-state index is 5.61. The molecule has 0 saturated carbocycles. The molecule has 2 rings (SSSR count). The minimum atomic E-state index is 0.765. The second kappa shape index (κ2) is 3.46. The largest absolute Gasteiger partial charge is 0.399 e. The molecule has 2 N–H and O–H groups in total. The Labute approximate surface area is 90.7 Å². The fourth-order valence-electron chi connectivity index (χ4n) is 1.30. The molecule has 1 aromatic carbocycles. The molecule has 0 atom stereocenters. The second-order valence-corrected chi connectivity index (χ2v) is 3.98. The summed E-state index contributed by atoms with van der Waals surface area (Å²) in [5.41, 5.74) is 8.37. The van der Waals surface area contributed by atoms with Crippen LogP contribution >= 0.6 is 15.9 Å². The van der Waals surface area contributed by atoms with Crippen LogP contribution in [0.5, 0.6) is 0 Å². The first-order valence-corrected chi connectivity index (χ1v) is 5.01. The third-order valence-electron chi connectivity index (χ3n) is 1.97. The lowest BCUT2D eigenvalue weighted by Gasteiger charge is -1.98. The molecule has 0 aliphatic carbocycles. The van der Waals surface area contributed by atoms with Crippen molar-refractivity contribution in [1.29, 1.82) is 0 Å². The second-order valence-electron chi connectivity index (χ2n) is 3.12. The zero-order valence-corrected chi connectivity index (χ0v) is 9.32. The van der Waals surface area contributed by atoms with Gasteiger partial charge in [0.1, 0.15) is 5.69 Å². The molecule has 3 nitrogen and oxygen atoms in total. The molecular weight excluding hydrogens is 242 g/mol. The zero-order chi connectivity index (χ0) is 10.1. The predicted octanol–water partition coefficient (Wildman–Crippen LogP) is 2.43. The highest BCUT2D eigenvalue weighted by Gasteiger charge is 2.06. The number of aromatic nitrogens is 2. The van der Waals surface area contributed by atoms with E-state index in [2.05, 4.69) is 21.0 Å². The number of benzene rings is 1. The summed E-state index contributed by atoms with van der Waals surface area (Å²) >= 11 is 3.46. The molecule has 0 unspecified atom stereocenters. The Morgan fingerprint density at radius 2 is 1.93 bits per heavy atom. The van der Waals surface area contributed by atoms with Crippen LogP contribution < -0.4 is 5.73 Å². The van der Waals surface area contributed by atoms with Crippen LogP contribution in [0.25, 0.3) is 11.3 Å². The molecule has 0 aliphatic heterocycles. The zero-order valence-electron chi connectivity index (χ0n) is 7.74. The van der Waals surface area contributed by atoms with Gasteiger partial charge in [-0.2, -0.15) is 5.10 Å². The standard InChI is InChI=1S/C10H10BrN3/c1-14-6-9(11)10(13-14)7-2-4-8(12)5-3-7/h2-6H,12H2,1H3. The van der Waals surface area contributed by atoms with Gasteiger partial charge in [0.15, 0.2) is 0 Å². The van der Waals surface area contributed by atoms with Crippen LogP contribution in [0.3, 0.4) is 0 Å². The Bertz CT molecular complexity index is 445. The van der Waals surface area contributed by atoms with Crippen molar-refractivity contribution in [2.75, 3.05) is 5.73 Å². The molecule has 0 fully saturated rings. The Morgan fingerprint density at radius 1 is 1.29 bits per heavy atom. The highest BCUT2D eigenvalue weighted by atomic mass is 79.9. The van der Waals surface area contributed by atoms with E-state index in [0.717, 1.165) is 21.4 Å². The van der Waals surface area contributed by atoms with Gasteiger partial charge in [0.05, 0.1) is 4.47 Å². The minimum Gasteiger partial charge on any atom is -0.399 e. The molecule has 1 aromatic heterocycles. The van der Waals surface area contributed by atoms with Crippen molar-refractivity contribution < 1.29 is 0 Å². The van der Waals surface area contributed by atoms with Crippen LogP contribution in [-0.4, -0.2) is 9.78 Å². The summed E-state index contributed by atoms with van der Waals surface area (Å²) < 4.78 is 2.76. The SMILES string of the molecule is Cn1cc(Br)c(-c2ccc(N)cc2)n1. The lowest BCUT2D eigenvalue weighted by Crippen LogP contribution is -1.88. The summed E-state index contributed by atoms with van der Waals surface area (Å²) in [5.74, 6) is 0. The van der Waals surface area contributed by atoms with Crippen molar-refractivity contribution >= 4 is 21.6 Å². The van der Waals surface area contributed by atoms with Gasteiger partial charge in [0, 0.05) is 24.5 Å². The molecular formula is C10H10BrN3. The van der Waals surface area contributed by atoms with Crippen molar-refractivity contribution in [3.05, 3.63) is 34.9 Å². The van der Waals surface area contributed by atoms with E-state index in [1.165, 1.54) is 0 Å². The quantitative estimate of drug-likeness (QED) is 0.792. The number of hydrogen-bond donors (Lipinski definition) is 1. The molecule has 4 heteroatoms. The summed E-state index contributed by atoms with van der Waals surface area (Å²) in [6.07, 6.45) is 1.92. The minimum absolute atomic E-state index is 0.765. The van der Waals surface area contributed by atoms with Crippen molar-refractivity contribution in [1.82, 2.24) is 9.78 Å². The van der Waals surface area contributed by atoms with Gasteiger partial charge in [-0.1, -0.05) is 12.1 Å². The van der Waals surface area contributed by atoms with Crippen LogP contribution in [0.4, 0.5) is 5.69 Å². The highest BCUT2D eigenvalue weighted by Crippen LogP contribution is 2.26. The number of nitrogens with zero attached hydrogens (tertiary/aromatic N) is 2. The number of nitrogens with two attached hydrogens (primary N) is 1. The van der Waals surface area contributed by atoms with Crippen molar-refractivity contribution in [3.8, 4) is 11.3 Å². The van der Waals surface area contributed by atoms with Crippen LogP contribution in [0.15, 0.2) is 34.9 Å². The molecule has 0 aliphatic rings. The maximum atomic E-state index is 5.61. The van der Waals surface area contributed by atoms with E-state index >= 15 is 0 Å². The van der Waals surface area contributed by atoms with E-state index in [0.29, 0.717) is 0 Å². The molecule has 0 bridgehead atoms. The van der Waals surface area contributed by atoms with Crippen LogP contribution in [0.2, 0.25) is 0 Å². The average Bonchev–Trinajstić information content (AvgIpc) is 2.47. The van der Waals surface area contributed by atoms with Gasteiger partial charge in [0.25, 0.3) is 0 Å². The van der Waals surface area contributed by atoms with Crippen molar-refractivity contribution in [3.63, 3.8) is 0 Å². The summed E-state index contributed by atoms with van der Waals surface area (Å²) in [6, 6.07) is 7.66. The Hall–Kier alpha value is -1.29. The normalized spacial score (nSPS) is 10.4. The number of nitrogen functional groups attached to an aromatic ring is 1. The Kier molecular flexibility index (Phi) is 2.29. The van der Waals surface area contributed by atoms with Crippen LogP contribution in [0, 0.1) is 0 Å². The smallest absolute Gasteiger partial charge is 0.106 e. The van der Waals surface area contributed by atoms with Gasteiger partial charge in [-0.3, -0.25) is 4.68 Å². The third kappa shape index (κ3) is 1.65. The molecule has 0 amide bonds. The van der Waals surface area contributed by atoms with Crippen molar-refractivity contribution in [2.24, 2.45) is 7.05 Å².